The Hall–Kier alpha value is -1.71. The summed E-state index contributed by atoms with van der Waals surface area (Å²) < 4.78 is 11.6. The highest BCUT2D eigenvalue weighted by Crippen LogP contribution is 2.26. The number of aryl methyl sites for hydroxylation is 1. The first kappa shape index (κ1) is 16.7. The lowest BCUT2D eigenvalue weighted by Gasteiger charge is -2.38. The number of amides is 1. The average molecular weight is 305 g/mol. The Labute approximate surface area is 133 Å². The van der Waals surface area contributed by atoms with E-state index in [-0.39, 0.29) is 18.2 Å². The summed E-state index contributed by atoms with van der Waals surface area (Å²) in [4.78, 5) is 14.0. The molecule has 1 unspecified atom stereocenters. The van der Waals surface area contributed by atoms with Crippen LogP contribution in [0, 0.1) is 6.92 Å². The van der Waals surface area contributed by atoms with Crippen molar-refractivity contribution in [3.05, 3.63) is 29.8 Å². The maximum Gasteiger partial charge on any atom is 0.410 e. The van der Waals surface area contributed by atoms with Crippen LogP contribution < -0.4 is 4.74 Å². The maximum absolute atomic E-state index is 12.2. The Morgan fingerprint density at radius 2 is 1.95 bits per heavy atom. The minimum atomic E-state index is -0.453. The number of ether oxygens (including phenoxy) is 2. The number of rotatable bonds is 2. The van der Waals surface area contributed by atoms with E-state index in [0.29, 0.717) is 6.54 Å². The van der Waals surface area contributed by atoms with E-state index in [4.69, 9.17) is 9.47 Å². The molecule has 0 bridgehead atoms. The molecule has 1 aromatic carbocycles. The van der Waals surface area contributed by atoms with Crippen LogP contribution in [0.5, 0.6) is 5.75 Å². The molecule has 1 amide bonds. The number of benzene rings is 1. The van der Waals surface area contributed by atoms with Gasteiger partial charge in [-0.15, -0.1) is 0 Å². The number of piperidine rings is 1. The van der Waals surface area contributed by atoms with E-state index in [0.717, 1.165) is 24.2 Å². The van der Waals surface area contributed by atoms with Crippen molar-refractivity contribution >= 4 is 6.09 Å². The maximum atomic E-state index is 12.2. The van der Waals surface area contributed by atoms with Crippen LogP contribution in [-0.2, 0) is 4.74 Å². The van der Waals surface area contributed by atoms with Crippen LogP contribution >= 0.6 is 0 Å². The van der Waals surface area contributed by atoms with Crippen molar-refractivity contribution in [2.24, 2.45) is 0 Å². The number of para-hydroxylation sites is 1. The molecule has 22 heavy (non-hydrogen) atoms. The Kier molecular flexibility index (Phi) is 4.99. The molecule has 1 aromatic rings. The lowest BCUT2D eigenvalue weighted by molar-refractivity contribution is -0.00110. The van der Waals surface area contributed by atoms with Crippen LogP contribution in [-0.4, -0.2) is 35.3 Å². The molecule has 1 saturated heterocycles. The highest BCUT2D eigenvalue weighted by Gasteiger charge is 2.32. The number of carbonyl (C=O) groups excluding carboxylic acids is 1. The molecule has 0 N–H and O–H groups in total. The van der Waals surface area contributed by atoms with E-state index < -0.39 is 5.60 Å². The van der Waals surface area contributed by atoms with Crippen molar-refractivity contribution < 1.29 is 14.3 Å². The number of carbonyl (C=O) groups is 1. The minimum absolute atomic E-state index is 0.123. The van der Waals surface area contributed by atoms with Crippen LogP contribution in [0.1, 0.15) is 46.1 Å². The molecule has 1 aliphatic rings. The van der Waals surface area contributed by atoms with E-state index in [9.17, 15) is 4.79 Å². The fourth-order valence-electron chi connectivity index (χ4n) is 2.70. The highest BCUT2D eigenvalue weighted by molar-refractivity contribution is 5.68. The van der Waals surface area contributed by atoms with Crippen LogP contribution in [0.4, 0.5) is 4.79 Å². The summed E-state index contributed by atoms with van der Waals surface area (Å²) in [6.45, 7) is 10.5. The average Bonchev–Trinajstić information content (AvgIpc) is 2.39. The largest absolute Gasteiger partial charge is 0.490 e. The van der Waals surface area contributed by atoms with Gasteiger partial charge in [0.15, 0.2) is 0 Å². The Morgan fingerprint density at radius 1 is 1.27 bits per heavy atom. The summed E-state index contributed by atoms with van der Waals surface area (Å²) in [7, 11) is 0. The summed E-state index contributed by atoms with van der Waals surface area (Å²) >= 11 is 0. The fourth-order valence-corrected chi connectivity index (χ4v) is 2.70. The monoisotopic (exact) mass is 305 g/mol. The zero-order valence-corrected chi connectivity index (χ0v) is 14.3. The van der Waals surface area contributed by atoms with Crippen molar-refractivity contribution in [2.45, 2.75) is 65.2 Å². The normalized spacial score (nSPS) is 22.3. The Balaban J connectivity index is 1.93. The molecule has 4 nitrogen and oxygen atoms in total. The van der Waals surface area contributed by atoms with Gasteiger partial charge in [0.2, 0.25) is 0 Å². The zero-order valence-electron chi connectivity index (χ0n) is 14.3. The number of likely N-dealkylation sites (tertiary alicyclic amines) is 1. The van der Waals surface area contributed by atoms with Crippen LogP contribution in [0.25, 0.3) is 0 Å². The van der Waals surface area contributed by atoms with Gasteiger partial charge in [-0.25, -0.2) is 4.79 Å². The van der Waals surface area contributed by atoms with Gasteiger partial charge in [0.25, 0.3) is 0 Å². The number of hydrogen-bond donors (Lipinski definition) is 0. The molecular formula is C18H27NO3. The number of hydrogen-bond acceptors (Lipinski definition) is 3. The topological polar surface area (TPSA) is 38.8 Å². The SMILES string of the molecule is Cc1ccccc1OC1CCN(C(=O)OC(C)(C)C)[C@@H](C)C1. The van der Waals surface area contributed by atoms with Crippen LogP contribution in [0.3, 0.4) is 0 Å². The molecule has 4 heteroatoms. The molecule has 0 radical (unpaired) electrons. The van der Waals surface area contributed by atoms with Gasteiger partial charge in [-0.1, -0.05) is 18.2 Å². The first-order chi connectivity index (χ1) is 10.3. The Bertz CT molecular complexity index is 521. The molecule has 2 rings (SSSR count). The molecule has 0 saturated carbocycles. The summed E-state index contributed by atoms with van der Waals surface area (Å²) in [5.74, 6) is 0.936. The number of nitrogens with zero attached hydrogens (tertiary/aromatic N) is 1. The standard InChI is InChI=1S/C18H27NO3/c1-13-8-6-7-9-16(13)21-15-10-11-19(14(2)12-15)17(20)22-18(3,4)5/h6-9,14-15H,10-12H2,1-5H3/t14-,15?/m0/s1. The van der Waals surface area contributed by atoms with Gasteiger partial charge in [0, 0.05) is 25.4 Å². The fraction of sp³-hybridized carbons (Fsp3) is 0.611. The van der Waals surface area contributed by atoms with Crippen molar-refractivity contribution in [1.82, 2.24) is 4.90 Å². The quantitative estimate of drug-likeness (QED) is 0.823. The first-order valence-corrected chi connectivity index (χ1v) is 7.98. The zero-order chi connectivity index (χ0) is 16.3. The van der Waals surface area contributed by atoms with Crippen molar-refractivity contribution in [1.29, 1.82) is 0 Å². The minimum Gasteiger partial charge on any atom is -0.490 e. The second kappa shape index (κ2) is 6.59. The molecule has 122 valence electrons. The molecule has 0 aliphatic carbocycles. The van der Waals surface area contributed by atoms with Crippen molar-refractivity contribution in [3.8, 4) is 5.75 Å². The van der Waals surface area contributed by atoms with Gasteiger partial charge < -0.3 is 14.4 Å². The third-order valence-electron chi connectivity index (χ3n) is 3.84. The molecular weight excluding hydrogens is 278 g/mol. The molecule has 0 spiro atoms. The summed E-state index contributed by atoms with van der Waals surface area (Å²) in [6.07, 6.45) is 1.58. The van der Waals surface area contributed by atoms with Gasteiger partial charge in [0.1, 0.15) is 17.5 Å². The molecule has 1 fully saturated rings. The van der Waals surface area contributed by atoms with Gasteiger partial charge >= 0.3 is 6.09 Å². The summed E-state index contributed by atoms with van der Waals surface area (Å²) in [5, 5.41) is 0. The lowest BCUT2D eigenvalue weighted by Crippen LogP contribution is -2.49. The van der Waals surface area contributed by atoms with E-state index in [1.165, 1.54) is 0 Å². The van der Waals surface area contributed by atoms with Gasteiger partial charge in [-0.05, 0) is 46.2 Å². The lowest BCUT2D eigenvalue weighted by atomic mass is 10.0. The van der Waals surface area contributed by atoms with Gasteiger partial charge in [0.05, 0.1) is 0 Å². The summed E-state index contributed by atoms with van der Waals surface area (Å²) in [5.41, 5.74) is 0.690. The Morgan fingerprint density at radius 3 is 2.55 bits per heavy atom. The van der Waals surface area contributed by atoms with Crippen molar-refractivity contribution in [2.75, 3.05) is 6.54 Å². The molecule has 0 aromatic heterocycles. The van der Waals surface area contributed by atoms with E-state index in [2.05, 4.69) is 19.9 Å². The predicted octanol–water partition coefficient (Wildman–Crippen LogP) is 4.16. The molecule has 1 heterocycles. The third kappa shape index (κ3) is 4.39. The van der Waals surface area contributed by atoms with E-state index >= 15 is 0 Å². The van der Waals surface area contributed by atoms with Gasteiger partial charge in [-0.3, -0.25) is 0 Å². The molecule has 2 atom stereocenters. The second-order valence-electron chi connectivity index (χ2n) is 7.05. The first-order valence-electron chi connectivity index (χ1n) is 7.98. The van der Waals surface area contributed by atoms with Crippen molar-refractivity contribution in [3.63, 3.8) is 0 Å². The van der Waals surface area contributed by atoms with E-state index in [1.807, 2.05) is 43.9 Å². The third-order valence-corrected chi connectivity index (χ3v) is 3.84. The smallest absolute Gasteiger partial charge is 0.410 e. The molecule has 1 aliphatic heterocycles. The van der Waals surface area contributed by atoms with Gasteiger partial charge in [-0.2, -0.15) is 0 Å². The predicted molar refractivity (Wildman–Crippen MR) is 87.2 cm³/mol. The van der Waals surface area contributed by atoms with E-state index in [1.54, 1.807) is 0 Å². The highest BCUT2D eigenvalue weighted by atomic mass is 16.6. The summed E-state index contributed by atoms with van der Waals surface area (Å²) in [6, 6.07) is 8.17. The van der Waals surface area contributed by atoms with Crippen LogP contribution in [0.15, 0.2) is 24.3 Å². The second-order valence-corrected chi connectivity index (χ2v) is 7.05. The van der Waals surface area contributed by atoms with Crippen LogP contribution in [0.2, 0.25) is 0 Å².